The quantitative estimate of drug-likeness (QED) is 0.829. The van der Waals surface area contributed by atoms with E-state index in [0.29, 0.717) is 12.1 Å². The Labute approximate surface area is 103 Å². The largest absolute Gasteiger partial charge is 0.308 e. The molecule has 92 valence electrons. The minimum absolute atomic E-state index is 0.410. The number of aryl methyl sites for hydroxylation is 1. The van der Waals surface area contributed by atoms with E-state index in [1.807, 2.05) is 5.51 Å². The fourth-order valence-corrected chi connectivity index (χ4v) is 2.37. The van der Waals surface area contributed by atoms with Gasteiger partial charge in [0.05, 0.1) is 11.2 Å². The second-order valence-electron chi connectivity index (χ2n) is 4.55. The van der Waals surface area contributed by atoms with Gasteiger partial charge in [-0.1, -0.05) is 0 Å². The van der Waals surface area contributed by atoms with Gasteiger partial charge in [0.25, 0.3) is 0 Å². The maximum Gasteiger partial charge on any atom is 0.0798 e. The number of rotatable bonds is 6. The number of hydrogen-bond donors (Lipinski definition) is 1. The third kappa shape index (κ3) is 3.85. The van der Waals surface area contributed by atoms with E-state index >= 15 is 0 Å². The van der Waals surface area contributed by atoms with Crippen LogP contribution in [0.2, 0.25) is 0 Å². The van der Waals surface area contributed by atoms with Crippen molar-refractivity contribution in [3.63, 3.8) is 0 Å². The zero-order valence-electron chi connectivity index (χ0n) is 10.9. The Balaban J connectivity index is 2.31. The Morgan fingerprint density at radius 2 is 2.12 bits per heavy atom. The van der Waals surface area contributed by atoms with Gasteiger partial charge in [-0.15, -0.1) is 11.3 Å². The summed E-state index contributed by atoms with van der Waals surface area (Å²) < 4.78 is 0. The van der Waals surface area contributed by atoms with Crippen molar-refractivity contribution in [3.05, 3.63) is 16.1 Å². The first-order valence-electron chi connectivity index (χ1n) is 5.86. The van der Waals surface area contributed by atoms with Crippen molar-refractivity contribution in [2.45, 2.75) is 39.8 Å². The SMILES string of the molecule is Cc1ncsc1C(C)NCCN(C)C(C)C. The first kappa shape index (κ1) is 13.6. The minimum Gasteiger partial charge on any atom is -0.308 e. The molecule has 3 nitrogen and oxygen atoms in total. The molecule has 1 heterocycles. The summed E-state index contributed by atoms with van der Waals surface area (Å²) in [5, 5.41) is 3.54. The molecular formula is C12H23N3S. The summed E-state index contributed by atoms with van der Waals surface area (Å²) in [6, 6.07) is 1.02. The molecule has 0 aromatic carbocycles. The molecule has 0 fully saturated rings. The van der Waals surface area contributed by atoms with Gasteiger partial charge in [-0.2, -0.15) is 0 Å². The van der Waals surface area contributed by atoms with Crippen LogP contribution in [0.5, 0.6) is 0 Å². The lowest BCUT2D eigenvalue weighted by Gasteiger charge is -2.22. The number of nitrogens with zero attached hydrogens (tertiary/aromatic N) is 2. The Hall–Kier alpha value is -0.450. The van der Waals surface area contributed by atoms with E-state index in [0.717, 1.165) is 18.8 Å². The van der Waals surface area contributed by atoms with Gasteiger partial charge in [-0.25, -0.2) is 4.98 Å². The van der Waals surface area contributed by atoms with Crippen LogP contribution in [0.1, 0.15) is 37.4 Å². The highest BCUT2D eigenvalue weighted by Gasteiger charge is 2.10. The molecule has 0 aliphatic rings. The number of aromatic nitrogens is 1. The van der Waals surface area contributed by atoms with E-state index in [2.05, 4.69) is 49.9 Å². The van der Waals surface area contributed by atoms with Crippen LogP contribution in [0, 0.1) is 6.92 Å². The van der Waals surface area contributed by atoms with Crippen molar-refractivity contribution in [1.82, 2.24) is 15.2 Å². The average molecular weight is 241 g/mol. The zero-order chi connectivity index (χ0) is 12.1. The molecule has 4 heteroatoms. The van der Waals surface area contributed by atoms with Crippen molar-refractivity contribution >= 4 is 11.3 Å². The van der Waals surface area contributed by atoms with Crippen LogP contribution >= 0.6 is 11.3 Å². The lowest BCUT2D eigenvalue weighted by molar-refractivity contribution is 0.270. The Kier molecular flexibility index (Phi) is 5.38. The summed E-state index contributed by atoms with van der Waals surface area (Å²) in [5.74, 6) is 0. The van der Waals surface area contributed by atoms with E-state index in [1.165, 1.54) is 4.88 Å². The molecule has 1 aromatic heterocycles. The molecule has 0 saturated heterocycles. The van der Waals surface area contributed by atoms with Crippen molar-refractivity contribution in [2.24, 2.45) is 0 Å². The van der Waals surface area contributed by atoms with Crippen LogP contribution in [-0.4, -0.2) is 36.1 Å². The summed E-state index contributed by atoms with van der Waals surface area (Å²) in [7, 11) is 2.16. The first-order valence-corrected chi connectivity index (χ1v) is 6.74. The molecule has 0 aliphatic carbocycles. The predicted octanol–water partition coefficient (Wildman–Crippen LogP) is 2.44. The first-order chi connectivity index (χ1) is 7.52. The summed E-state index contributed by atoms with van der Waals surface area (Å²) >= 11 is 1.74. The van der Waals surface area contributed by atoms with Crippen LogP contribution in [0.3, 0.4) is 0 Å². The molecule has 1 N–H and O–H groups in total. The second kappa shape index (κ2) is 6.33. The second-order valence-corrected chi connectivity index (χ2v) is 5.44. The topological polar surface area (TPSA) is 28.2 Å². The van der Waals surface area contributed by atoms with Crippen LogP contribution in [0.15, 0.2) is 5.51 Å². The molecule has 1 atom stereocenters. The number of likely N-dealkylation sites (N-methyl/N-ethyl adjacent to an activating group) is 1. The van der Waals surface area contributed by atoms with Gasteiger partial charge in [-0.3, -0.25) is 0 Å². The fourth-order valence-electron chi connectivity index (χ4n) is 1.53. The minimum atomic E-state index is 0.410. The highest BCUT2D eigenvalue weighted by molar-refractivity contribution is 7.09. The van der Waals surface area contributed by atoms with Crippen molar-refractivity contribution in [2.75, 3.05) is 20.1 Å². The van der Waals surface area contributed by atoms with Gasteiger partial charge in [0, 0.05) is 30.1 Å². The molecule has 1 rings (SSSR count). The van der Waals surface area contributed by atoms with Crippen molar-refractivity contribution < 1.29 is 0 Å². The summed E-state index contributed by atoms with van der Waals surface area (Å²) in [6.45, 7) is 10.8. The van der Waals surface area contributed by atoms with Crippen LogP contribution in [-0.2, 0) is 0 Å². The number of thiazole rings is 1. The number of hydrogen-bond acceptors (Lipinski definition) is 4. The lowest BCUT2D eigenvalue weighted by atomic mass is 10.2. The maximum atomic E-state index is 4.28. The molecule has 1 aromatic rings. The molecule has 0 radical (unpaired) electrons. The molecule has 0 spiro atoms. The normalized spacial score (nSPS) is 13.7. The van der Waals surface area contributed by atoms with E-state index in [-0.39, 0.29) is 0 Å². The number of nitrogens with one attached hydrogen (secondary N) is 1. The predicted molar refractivity (Wildman–Crippen MR) is 71.0 cm³/mol. The fraction of sp³-hybridized carbons (Fsp3) is 0.750. The standard InChI is InChI=1S/C12H23N3S/c1-9(2)15(5)7-6-13-10(3)12-11(4)14-8-16-12/h8-10,13H,6-7H2,1-5H3. The molecule has 16 heavy (non-hydrogen) atoms. The molecule has 0 bridgehead atoms. The van der Waals surface area contributed by atoms with Gasteiger partial charge in [0.1, 0.15) is 0 Å². The van der Waals surface area contributed by atoms with Gasteiger partial charge < -0.3 is 10.2 Å². The van der Waals surface area contributed by atoms with E-state index in [1.54, 1.807) is 11.3 Å². The highest BCUT2D eigenvalue weighted by atomic mass is 32.1. The Morgan fingerprint density at radius 1 is 1.44 bits per heavy atom. The van der Waals surface area contributed by atoms with E-state index < -0.39 is 0 Å². The average Bonchev–Trinajstić information content (AvgIpc) is 2.64. The van der Waals surface area contributed by atoms with E-state index in [9.17, 15) is 0 Å². The van der Waals surface area contributed by atoms with Crippen LogP contribution in [0.4, 0.5) is 0 Å². The van der Waals surface area contributed by atoms with Crippen molar-refractivity contribution in [1.29, 1.82) is 0 Å². The Bertz CT molecular complexity index is 309. The molecule has 1 unspecified atom stereocenters. The summed E-state index contributed by atoms with van der Waals surface area (Å²) in [4.78, 5) is 7.98. The monoisotopic (exact) mass is 241 g/mol. The van der Waals surface area contributed by atoms with Crippen LogP contribution in [0.25, 0.3) is 0 Å². The molecular weight excluding hydrogens is 218 g/mol. The summed E-state index contributed by atoms with van der Waals surface area (Å²) in [6.07, 6.45) is 0. The molecule has 0 saturated carbocycles. The Morgan fingerprint density at radius 3 is 2.62 bits per heavy atom. The van der Waals surface area contributed by atoms with Gasteiger partial charge in [-0.05, 0) is 34.7 Å². The third-order valence-electron chi connectivity index (χ3n) is 2.97. The highest BCUT2D eigenvalue weighted by Crippen LogP contribution is 2.20. The van der Waals surface area contributed by atoms with E-state index in [4.69, 9.17) is 0 Å². The molecule has 0 amide bonds. The van der Waals surface area contributed by atoms with Crippen molar-refractivity contribution in [3.8, 4) is 0 Å². The summed E-state index contributed by atoms with van der Waals surface area (Å²) in [5.41, 5.74) is 3.07. The molecule has 0 aliphatic heterocycles. The van der Waals surface area contributed by atoms with Gasteiger partial charge in [0.15, 0.2) is 0 Å². The smallest absolute Gasteiger partial charge is 0.0798 e. The maximum absolute atomic E-state index is 4.28. The lowest BCUT2D eigenvalue weighted by Crippen LogP contribution is -2.34. The van der Waals surface area contributed by atoms with Gasteiger partial charge in [0.2, 0.25) is 0 Å². The van der Waals surface area contributed by atoms with Gasteiger partial charge >= 0.3 is 0 Å². The zero-order valence-corrected chi connectivity index (χ0v) is 11.8. The third-order valence-corrected chi connectivity index (χ3v) is 4.09. The van der Waals surface area contributed by atoms with Crippen LogP contribution < -0.4 is 5.32 Å².